The first-order valence-corrected chi connectivity index (χ1v) is 4.62. The average Bonchev–Trinajstić information content (AvgIpc) is 1.97. The summed E-state index contributed by atoms with van der Waals surface area (Å²) in [6, 6.07) is 0.977. The van der Waals surface area contributed by atoms with Crippen LogP contribution in [0.4, 0.5) is 18.9 Å². The smallest absolute Gasteiger partial charge is 0.403 e. The van der Waals surface area contributed by atoms with Crippen molar-refractivity contribution >= 4 is 39.9 Å². The Hall–Kier alpha value is -0.440. The molecule has 0 aliphatic rings. The van der Waals surface area contributed by atoms with Gasteiger partial charge in [-0.15, -0.1) is 13.2 Å². The van der Waals surface area contributed by atoms with Crippen LogP contribution in [-0.2, 0) is 0 Å². The SMILES string of the molecule is Nc1cc(OC(F)(F)F)c(I)nc1Cl. The summed E-state index contributed by atoms with van der Waals surface area (Å²) in [6.07, 6.45) is -4.76. The first-order chi connectivity index (χ1) is 6.29. The summed E-state index contributed by atoms with van der Waals surface area (Å²) in [5.74, 6) is -0.458. The van der Waals surface area contributed by atoms with E-state index in [1.807, 2.05) is 0 Å². The lowest BCUT2D eigenvalue weighted by Crippen LogP contribution is -2.18. The molecule has 0 aliphatic heterocycles. The molecule has 0 unspecified atom stereocenters. The lowest BCUT2D eigenvalue weighted by Gasteiger charge is -2.10. The van der Waals surface area contributed by atoms with Gasteiger partial charge in [-0.2, -0.15) is 0 Å². The number of alkyl halides is 3. The number of anilines is 1. The van der Waals surface area contributed by atoms with Crippen molar-refractivity contribution in [3.63, 3.8) is 0 Å². The second kappa shape index (κ2) is 3.97. The van der Waals surface area contributed by atoms with Crippen molar-refractivity contribution < 1.29 is 17.9 Å². The van der Waals surface area contributed by atoms with E-state index >= 15 is 0 Å². The third-order valence-corrected chi connectivity index (χ3v) is 2.23. The lowest BCUT2D eigenvalue weighted by atomic mass is 10.4. The number of nitrogens with zero attached hydrogens (tertiary/aromatic N) is 1. The van der Waals surface area contributed by atoms with Crippen LogP contribution >= 0.6 is 34.2 Å². The van der Waals surface area contributed by atoms with Gasteiger partial charge >= 0.3 is 6.36 Å². The maximum absolute atomic E-state index is 11.8. The number of hydrogen-bond donors (Lipinski definition) is 1. The van der Waals surface area contributed by atoms with Crippen molar-refractivity contribution in [2.75, 3.05) is 5.73 Å². The van der Waals surface area contributed by atoms with Gasteiger partial charge in [0.1, 0.15) is 3.70 Å². The van der Waals surface area contributed by atoms with Crippen LogP contribution < -0.4 is 10.5 Å². The molecule has 0 radical (unpaired) electrons. The Morgan fingerprint density at radius 1 is 1.50 bits per heavy atom. The van der Waals surface area contributed by atoms with Gasteiger partial charge in [0.15, 0.2) is 10.9 Å². The van der Waals surface area contributed by atoms with Gasteiger partial charge in [0.05, 0.1) is 5.69 Å². The molecule has 2 N–H and O–H groups in total. The molecule has 0 saturated heterocycles. The number of rotatable bonds is 1. The van der Waals surface area contributed by atoms with Crippen molar-refractivity contribution in [1.29, 1.82) is 0 Å². The Labute approximate surface area is 95.5 Å². The summed E-state index contributed by atoms with van der Waals surface area (Å²) in [7, 11) is 0. The van der Waals surface area contributed by atoms with Crippen LogP contribution in [0.5, 0.6) is 5.75 Å². The van der Waals surface area contributed by atoms with E-state index in [-0.39, 0.29) is 14.5 Å². The van der Waals surface area contributed by atoms with Crippen molar-refractivity contribution in [3.8, 4) is 5.75 Å². The van der Waals surface area contributed by atoms with Gasteiger partial charge < -0.3 is 10.5 Å². The molecule has 1 aromatic rings. The molecule has 0 bridgehead atoms. The topological polar surface area (TPSA) is 48.1 Å². The Bertz CT molecular complexity index is 358. The molecule has 0 atom stereocenters. The van der Waals surface area contributed by atoms with E-state index in [2.05, 4.69) is 9.72 Å². The van der Waals surface area contributed by atoms with Crippen LogP contribution in [-0.4, -0.2) is 11.3 Å². The van der Waals surface area contributed by atoms with Gasteiger partial charge in [-0.05, 0) is 22.6 Å². The first kappa shape index (κ1) is 11.6. The molecule has 1 heterocycles. The highest BCUT2D eigenvalue weighted by molar-refractivity contribution is 14.1. The third kappa shape index (κ3) is 3.05. The zero-order valence-electron chi connectivity index (χ0n) is 6.40. The zero-order valence-corrected chi connectivity index (χ0v) is 9.31. The van der Waals surface area contributed by atoms with Crippen molar-refractivity contribution in [3.05, 3.63) is 14.9 Å². The second-order valence-corrected chi connectivity index (χ2v) is 3.58. The second-order valence-electron chi connectivity index (χ2n) is 2.21. The van der Waals surface area contributed by atoms with Gasteiger partial charge in [0.2, 0.25) is 0 Å². The number of hydrogen-bond acceptors (Lipinski definition) is 3. The van der Waals surface area contributed by atoms with E-state index in [9.17, 15) is 13.2 Å². The molecular formula is C6H3ClF3IN2O. The molecule has 0 amide bonds. The predicted molar refractivity (Wildman–Crippen MR) is 53.1 cm³/mol. The molecule has 0 spiro atoms. The minimum atomic E-state index is -4.76. The average molecular weight is 338 g/mol. The number of halogens is 5. The molecule has 14 heavy (non-hydrogen) atoms. The minimum absolute atomic E-state index is 0.000810. The Kier molecular flexibility index (Phi) is 3.30. The van der Waals surface area contributed by atoms with E-state index in [1.54, 1.807) is 22.6 Å². The fourth-order valence-corrected chi connectivity index (χ4v) is 1.45. The maximum atomic E-state index is 11.8. The fraction of sp³-hybridized carbons (Fsp3) is 0.167. The van der Waals surface area contributed by atoms with E-state index in [0.717, 1.165) is 6.07 Å². The minimum Gasteiger partial charge on any atom is -0.403 e. The summed E-state index contributed by atoms with van der Waals surface area (Å²) in [4.78, 5) is 3.56. The fourth-order valence-electron chi connectivity index (χ4n) is 0.662. The number of aromatic nitrogens is 1. The summed E-state index contributed by atoms with van der Waals surface area (Å²) < 4.78 is 39.1. The maximum Gasteiger partial charge on any atom is 0.573 e. The quantitative estimate of drug-likeness (QED) is 0.633. The van der Waals surface area contributed by atoms with Crippen LogP contribution in [0.3, 0.4) is 0 Å². The Balaban J connectivity index is 3.04. The van der Waals surface area contributed by atoms with Gasteiger partial charge in [-0.1, -0.05) is 11.6 Å². The highest BCUT2D eigenvalue weighted by Gasteiger charge is 2.32. The van der Waals surface area contributed by atoms with Gasteiger partial charge in [0.25, 0.3) is 0 Å². The highest BCUT2D eigenvalue weighted by Crippen LogP contribution is 2.30. The molecule has 0 fully saturated rings. The van der Waals surface area contributed by atoms with Crippen LogP contribution in [0.25, 0.3) is 0 Å². The molecule has 1 rings (SSSR count). The molecule has 0 saturated carbocycles. The van der Waals surface area contributed by atoms with Crippen LogP contribution in [0.2, 0.25) is 5.15 Å². The molecular weight excluding hydrogens is 335 g/mol. The van der Waals surface area contributed by atoms with E-state index < -0.39 is 12.1 Å². The van der Waals surface area contributed by atoms with Crippen molar-refractivity contribution in [2.45, 2.75) is 6.36 Å². The molecule has 3 nitrogen and oxygen atoms in total. The molecule has 0 aliphatic carbocycles. The van der Waals surface area contributed by atoms with Crippen molar-refractivity contribution in [1.82, 2.24) is 4.98 Å². The van der Waals surface area contributed by atoms with E-state index in [1.165, 1.54) is 0 Å². The summed E-state index contributed by atoms with van der Waals surface area (Å²) >= 11 is 7.05. The normalized spacial score (nSPS) is 11.5. The lowest BCUT2D eigenvalue weighted by molar-refractivity contribution is -0.275. The van der Waals surface area contributed by atoms with E-state index in [0.29, 0.717) is 0 Å². The van der Waals surface area contributed by atoms with Gasteiger partial charge in [-0.25, -0.2) is 4.98 Å². The number of nitrogens with two attached hydrogens (primary N) is 1. The third-order valence-electron chi connectivity index (χ3n) is 1.15. The summed E-state index contributed by atoms with van der Waals surface area (Å²) in [6.45, 7) is 0. The van der Waals surface area contributed by atoms with Crippen LogP contribution in [0.1, 0.15) is 0 Å². The number of pyridine rings is 1. The molecule has 78 valence electrons. The van der Waals surface area contributed by atoms with Gasteiger partial charge in [0, 0.05) is 6.07 Å². The first-order valence-electron chi connectivity index (χ1n) is 3.17. The molecule has 0 aromatic carbocycles. The molecule has 1 aromatic heterocycles. The summed E-state index contributed by atoms with van der Waals surface area (Å²) in [5, 5.41) is -0.0519. The largest absolute Gasteiger partial charge is 0.573 e. The van der Waals surface area contributed by atoms with E-state index in [4.69, 9.17) is 17.3 Å². The zero-order chi connectivity index (χ0) is 10.9. The van der Waals surface area contributed by atoms with Gasteiger partial charge in [-0.3, -0.25) is 0 Å². The number of ether oxygens (including phenoxy) is 1. The Morgan fingerprint density at radius 3 is 2.57 bits per heavy atom. The highest BCUT2D eigenvalue weighted by atomic mass is 127. The standard InChI is InChI=1S/C6H3ClF3IN2O/c7-4-2(12)1-3(5(11)13-4)14-6(8,9)10/h1H,12H2. The molecule has 8 heteroatoms. The van der Waals surface area contributed by atoms with Crippen LogP contribution in [0, 0.1) is 3.70 Å². The monoisotopic (exact) mass is 338 g/mol. The predicted octanol–water partition coefficient (Wildman–Crippen LogP) is 2.82. The number of nitrogen functional groups attached to an aromatic ring is 1. The van der Waals surface area contributed by atoms with Crippen LogP contribution in [0.15, 0.2) is 6.07 Å². The summed E-state index contributed by atoms with van der Waals surface area (Å²) in [5.41, 5.74) is 5.20. The van der Waals surface area contributed by atoms with Crippen molar-refractivity contribution in [2.24, 2.45) is 0 Å². The Morgan fingerprint density at radius 2 is 2.07 bits per heavy atom.